The molecule has 1 aromatic heterocycles. The molecule has 0 spiro atoms. The maximum Gasteiger partial charge on any atom is 0.244 e. The molecule has 0 aliphatic rings. The summed E-state index contributed by atoms with van der Waals surface area (Å²) in [5, 5.41) is 13.9. The second kappa shape index (κ2) is 5.12. The minimum atomic E-state index is 0.149. The van der Waals surface area contributed by atoms with E-state index in [1.54, 1.807) is 54.7 Å². The molecule has 0 radical (unpaired) electrons. The van der Waals surface area contributed by atoms with Crippen LogP contribution in [-0.4, -0.2) is 17.3 Å². The SMILES string of the molecule is COc1ccc(/C(O)=C/[n+]2ccccn2)cc1. The van der Waals surface area contributed by atoms with Crippen molar-refractivity contribution in [3.05, 3.63) is 54.4 Å². The Morgan fingerprint density at radius 1 is 1.29 bits per heavy atom. The summed E-state index contributed by atoms with van der Waals surface area (Å²) in [5.41, 5.74) is 0.712. The van der Waals surface area contributed by atoms with Crippen molar-refractivity contribution in [2.24, 2.45) is 0 Å². The molecular formula is C13H13N2O2+. The normalized spacial score (nSPS) is 11.2. The molecule has 0 saturated carbocycles. The van der Waals surface area contributed by atoms with Crippen LogP contribution < -0.4 is 9.42 Å². The van der Waals surface area contributed by atoms with Crippen molar-refractivity contribution < 1.29 is 14.5 Å². The minimum Gasteiger partial charge on any atom is -0.502 e. The fraction of sp³-hybridized carbons (Fsp3) is 0.0769. The van der Waals surface area contributed by atoms with Crippen LogP contribution in [0.3, 0.4) is 0 Å². The van der Waals surface area contributed by atoms with Crippen molar-refractivity contribution >= 4 is 12.0 Å². The van der Waals surface area contributed by atoms with Crippen LogP contribution in [0.25, 0.3) is 12.0 Å². The Morgan fingerprint density at radius 3 is 2.65 bits per heavy atom. The molecule has 0 saturated heterocycles. The van der Waals surface area contributed by atoms with Crippen LogP contribution in [0.2, 0.25) is 0 Å². The van der Waals surface area contributed by atoms with E-state index < -0.39 is 0 Å². The molecule has 2 rings (SSSR count). The highest BCUT2D eigenvalue weighted by atomic mass is 16.5. The fourth-order valence-corrected chi connectivity index (χ4v) is 1.38. The van der Waals surface area contributed by atoms with Gasteiger partial charge in [-0.2, -0.15) is 0 Å². The molecule has 2 aromatic rings. The highest BCUT2D eigenvalue weighted by molar-refractivity contribution is 5.66. The first-order valence-corrected chi connectivity index (χ1v) is 5.17. The van der Waals surface area contributed by atoms with Gasteiger partial charge in [0.05, 0.1) is 13.3 Å². The Kier molecular flexibility index (Phi) is 3.35. The first-order chi connectivity index (χ1) is 8.29. The van der Waals surface area contributed by atoms with Gasteiger partial charge in [-0.05, 0) is 35.4 Å². The van der Waals surface area contributed by atoms with Crippen LogP contribution in [-0.2, 0) is 0 Å². The van der Waals surface area contributed by atoms with E-state index in [0.29, 0.717) is 5.56 Å². The number of methoxy groups -OCH3 is 1. The average Bonchev–Trinajstić information content (AvgIpc) is 2.40. The van der Waals surface area contributed by atoms with E-state index in [-0.39, 0.29) is 5.76 Å². The van der Waals surface area contributed by atoms with Gasteiger partial charge in [0.2, 0.25) is 12.4 Å². The first-order valence-electron chi connectivity index (χ1n) is 5.17. The highest BCUT2D eigenvalue weighted by Crippen LogP contribution is 2.16. The molecule has 4 heteroatoms. The molecule has 4 nitrogen and oxygen atoms in total. The monoisotopic (exact) mass is 229 g/mol. The zero-order chi connectivity index (χ0) is 12.1. The van der Waals surface area contributed by atoms with Gasteiger partial charge in [-0.1, -0.05) is 4.68 Å². The third-order valence-electron chi connectivity index (χ3n) is 2.28. The molecule has 1 heterocycles. The summed E-state index contributed by atoms with van der Waals surface area (Å²) in [4.78, 5) is 0. The molecule has 86 valence electrons. The number of benzene rings is 1. The number of ether oxygens (including phenoxy) is 1. The maximum absolute atomic E-state index is 9.90. The van der Waals surface area contributed by atoms with Crippen molar-refractivity contribution in [1.29, 1.82) is 0 Å². The summed E-state index contributed by atoms with van der Waals surface area (Å²) in [7, 11) is 1.61. The summed E-state index contributed by atoms with van der Waals surface area (Å²) in [6.07, 6.45) is 4.94. The van der Waals surface area contributed by atoms with E-state index >= 15 is 0 Å². The molecule has 0 amide bonds. The number of rotatable bonds is 3. The third kappa shape index (κ3) is 2.81. The number of aromatic nitrogens is 2. The van der Waals surface area contributed by atoms with Crippen LogP contribution >= 0.6 is 0 Å². The van der Waals surface area contributed by atoms with Gasteiger partial charge in [0.25, 0.3) is 0 Å². The van der Waals surface area contributed by atoms with Gasteiger partial charge in [-0.25, -0.2) is 0 Å². The van der Waals surface area contributed by atoms with E-state index in [1.165, 1.54) is 0 Å². The Morgan fingerprint density at radius 2 is 2.06 bits per heavy atom. The second-order valence-electron chi connectivity index (χ2n) is 3.42. The van der Waals surface area contributed by atoms with Gasteiger partial charge >= 0.3 is 0 Å². The number of aliphatic hydroxyl groups excluding tert-OH is 1. The molecule has 0 atom stereocenters. The van der Waals surface area contributed by atoms with Crippen molar-refractivity contribution in [3.8, 4) is 5.75 Å². The van der Waals surface area contributed by atoms with Gasteiger partial charge in [-0.15, -0.1) is 0 Å². The largest absolute Gasteiger partial charge is 0.502 e. The Bertz CT molecular complexity index is 507. The molecular weight excluding hydrogens is 216 g/mol. The molecule has 1 aromatic carbocycles. The highest BCUT2D eigenvalue weighted by Gasteiger charge is 2.04. The molecule has 0 aliphatic heterocycles. The lowest BCUT2D eigenvalue weighted by Crippen LogP contribution is -2.29. The lowest BCUT2D eigenvalue weighted by atomic mass is 10.2. The summed E-state index contributed by atoms with van der Waals surface area (Å²) in [6, 6.07) is 10.8. The Balaban J connectivity index is 2.24. The predicted molar refractivity (Wildman–Crippen MR) is 64.2 cm³/mol. The van der Waals surface area contributed by atoms with E-state index in [0.717, 1.165) is 5.75 Å². The van der Waals surface area contributed by atoms with E-state index in [1.807, 2.05) is 12.1 Å². The van der Waals surface area contributed by atoms with Gasteiger partial charge < -0.3 is 9.84 Å². The zero-order valence-electron chi connectivity index (χ0n) is 9.45. The summed E-state index contributed by atoms with van der Waals surface area (Å²) >= 11 is 0. The van der Waals surface area contributed by atoms with Gasteiger partial charge in [0.15, 0.2) is 5.76 Å². The van der Waals surface area contributed by atoms with E-state index in [4.69, 9.17) is 4.74 Å². The van der Waals surface area contributed by atoms with Crippen LogP contribution in [0.15, 0.2) is 48.8 Å². The predicted octanol–water partition coefficient (Wildman–Crippen LogP) is 1.89. The molecule has 0 bridgehead atoms. The molecule has 1 N–H and O–H groups in total. The standard InChI is InChI=1S/C13H12N2O2/c1-17-12-6-4-11(5-7-12)13(16)10-15-9-3-2-8-14-15/h2-10H,1H3/p+1. The minimum absolute atomic E-state index is 0.149. The van der Waals surface area contributed by atoms with Crippen LogP contribution in [0, 0.1) is 0 Å². The topological polar surface area (TPSA) is 46.2 Å². The van der Waals surface area contributed by atoms with Crippen molar-refractivity contribution in [1.82, 2.24) is 5.10 Å². The number of hydrogen-bond acceptors (Lipinski definition) is 3. The van der Waals surface area contributed by atoms with Crippen molar-refractivity contribution in [2.75, 3.05) is 7.11 Å². The number of hydrogen-bond donors (Lipinski definition) is 1. The number of nitrogens with zero attached hydrogens (tertiary/aromatic N) is 2. The van der Waals surface area contributed by atoms with Crippen LogP contribution in [0.5, 0.6) is 5.75 Å². The third-order valence-corrected chi connectivity index (χ3v) is 2.28. The molecule has 0 fully saturated rings. The maximum atomic E-state index is 9.90. The zero-order valence-corrected chi connectivity index (χ0v) is 9.45. The van der Waals surface area contributed by atoms with Crippen molar-refractivity contribution in [2.45, 2.75) is 0 Å². The second-order valence-corrected chi connectivity index (χ2v) is 3.42. The van der Waals surface area contributed by atoms with Gasteiger partial charge in [0.1, 0.15) is 5.75 Å². The van der Waals surface area contributed by atoms with Crippen LogP contribution in [0.4, 0.5) is 0 Å². The molecule has 0 aliphatic carbocycles. The van der Waals surface area contributed by atoms with E-state index in [9.17, 15) is 5.11 Å². The molecule has 17 heavy (non-hydrogen) atoms. The summed E-state index contributed by atoms with van der Waals surface area (Å²) < 4.78 is 6.59. The summed E-state index contributed by atoms with van der Waals surface area (Å²) in [5.74, 6) is 0.906. The van der Waals surface area contributed by atoms with E-state index in [2.05, 4.69) is 5.10 Å². The number of aliphatic hydroxyl groups is 1. The van der Waals surface area contributed by atoms with Gasteiger partial charge in [-0.3, -0.25) is 0 Å². The molecule has 0 unspecified atom stereocenters. The smallest absolute Gasteiger partial charge is 0.244 e. The van der Waals surface area contributed by atoms with Gasteiger partial charge in [0, 0.05) is 11.6 Å². The lowest BCUT2D eigenvalue weighted by molar-refractivity contribution is -0.634. The summed E-state index contributed by atoms with van der Waals surface area (Å²) in [6.45, 7) is 0. The lowest BCUT2D eigenvalue weighted by Gasteiger charge is -2.00. The first kappa shape index (κ1) is 11.1. The average molecular weight is 229 g/mol. The Labute approximate surface area is 99.4 Å². The van der Waals surface area contributed by atoms with Crippen molar-refractivity contribution in [3.63, 3.8) is 0 Å². The quantitative estimate of drug-likeness (QED) is 0.645. The fourth-order valence-electron chi connectivity index (χ4n) is 1.38. The Hall–Kier alpha value is -2.36. The van der Waals surface area contributed by atoms with Crippen LogP contribution in [0.1, 0.15) is 5.56 Å².